The Labute approximate surface area is 144 Å². The van der Waals surface area contributed by atoms with Crippen LogP contribution in [0.25, 0.3) is 0 Å². The van der Waals surface area contributed by atoms with Gasteiger partial charge in [0.25, 0.3) is 5.91 Å². The Balaban J connectivity index is 2.15. The molecular weight excluding hydrogens is 331 g/mol. The molecule has 6 heteroatoms. The van der Waals surface area contributed by atoms with Gasteiger partial charge in [0.2, 0.25) is 0 Å². The molecule has 0 spiro atoms. The zero-order valence-electron chi connectivity index (χ0n) is 14.3. The normalized spacial score (nSPS) is 11.9. The number of ether oxygens (including phenoxy) is 1. The van der Waals surface area contributed by atoms with E-state index in [1.807, 2.05) is 0 Å². The summed E-state index contributed by atoms with van der Waals surface area (Å²) >= 11 is 0. The van der Waals surface area contributed by atoms with E-state index in [1.165, 1.54) is 13.2 Å². The highest BCUT2D eigenvalue weighted by molar-refractivity contribution is 5.96. The number of carbonyl (C=O) groups excluding carboxylic acids is 1. The smallest absolute Gasteiger partial charge is 0.416 e. The summed E-state index contributed by atoms with van der Waals surface area (Å²) in [4.78, 5) is 12.4. The maximum Gasteiger partial charge on any atom is 0.416 e. The van der Waals surface area contributed by atoms with Crippen molar-refractivity contribution in [2.75, 3.05) is 13.7 Å². The molecule has 0 radical (unpaired) electrons. The van der Waals surface area contributed by atoms with Crippen molar-refractivity contribution in [2.24, 2.45) is 0 Å². The van der Waals surface area contributed by atoms with Gasteiger partial charge >= 0.3 is 6.18 Å². The van der Waals surface area contributed by atoms with Crippen molar-refractivity contribution in [3.8, 4) is 5.75 Å². The van der Waals surface area contributed by atoms with Crippen LogP contribution < -0.4 is 10.1 Å². The van der Waals surface area contributed by atoms with Gasteiger partial charge in [-0.25, -0.2) is 0 Å². The largest absolute Gasteiger partial charge is 0.496 e. The molecule has 0 fully saturated rings. The predicted octanol–water partition coefficient (Wildman–Crippen LogP) is 4.42. The van der Waals surface area contributed by atoms with Crippen LogP contribution in [-0.4, -0.2) is 19.6 Å². The molecule has 2 aromatic carbocycles. The molecule has 0 aromatic heterocycles. The summed E-state index contributed by atoms with van der Waals surface area (Å²) in [5, 5.41) is 2.77. The quantitative estimate of drug-likeness (QED) is 0.866. The highest BCUT2D eigenvalue weighted by atomic mass is 19.4. The van der Waals surface area contributed by atoms with Gasteiger partial charge in [0.15, 0.2) is 0 Å². The minimum atomic E-state index is -4.40. The molecule has 2 aromatic rings. The van der Waals surface area contributed by atoms with Crippen LogP contribution in [0.5, 0.6) is 5.75 Å². The molecule has 1 N–H and O–H groups in total. The first-order chi connectivity index (χ1) is 11.6. The summed E-state index contributed by atoms with van der Waals surface area (Å²) in [7, 11) is 1.47. The molecule has 1 amide bonds. The number of benzene rings is 2. The third-order valence-corrected chi connectivity index (χ3v) is 4.01. The second kappa shape index (κ2) is 7.17. The average molecular weight is 351 g/mol. The standard InChI is InChI=1S/C19H20F3NO2/c1-18(2,13-7-6-8-14(11-13)19(20,21)22)12-23-17(24)15-9-4-5-10-16(15)25-3/h4-11H,12H2,1-3H3,(H,23,24). The molecule has 0 bridgehead atoms. The summed E-state index contributed by atoms with van der Waals surface area (Å²) < 4.78 is 43.8. The number of rotatable bonds is 5. The van der Waals surface area contributed by atoms with Gasteiger partial charge in [0.1, 0.15) is 5.75 Å². The lowest BCUT2D eigenvalue weighted by atomic mass is 9.83. The van der Waals surface area contributed by atoms with Crippen LogP contribution in [0.4, 0.5) is 13.2 Å². The molecule has 0 heterocycles. The van der Waals surface area contributed by atoms with E-state index in [0.29, 0.717) is 16.9 Å². The van der Waals surface area contributed by atoms with Gasteiger partial charge in [-0.05, 0) is 23.8 Å². The molecule has 0 aliphatic rings. The van der Waals surface area contributed by atoms with E-state index >= 15 is 0 Å². The van der Waals surface area contributed by atoms with Crippen molar-refractivity contribution in [1.82, 2.24) is 5.32 Å². The van der Waals surface area contributed by atoms with E-state index in [9.17, 15) is 18.0 Å². The number of alkyl halides is 3. The molecule has 25 heavy (non-hydrogen) atoms. The van der Waals surface area contributed by atoms with E-state index < -0.39 is 17.2 Å². The number of methoxy groups -OCH3 is 1. The fraction of sp³-hybridized carbons (Fsp3) is 0.316. The van der Waals surface area contributed by atoms with Gasteiger partial charge in [-0.15, -0.1) is 0 Å². The lowest BCUT2D eigenvalue weighted by Crippen LogP contribution is -2.37. The molecule has 0 aliphatic heterocycles. The van der Waals surface area contributed by atoms with Crippen molar-refractivity contribution in [1.29, 1.82) is 0 Å². The summed E-state index contributed by atoms with van der Waals surface area (Å²) in [6, 6.07) is 11.9. The van der Waals surface area contributed by atoms with Crippen molar-refractivity contribution in [3.05, 3.63) is 65.2 Å². The SMILES string of the molecule is COc1ccccc1C(=O)NCC(C)(C)c1cccc(C(F)(F)F)c1. The molecule has 134 valence electrons. The van der Waals surface area contributed by atoms with E-state index in [4.69, 9.17) is 4.74 Å². The van der Waals surface area contributed by atoms with Crippen LogP contribution in [0.3, 0.4) is 0 Å². The van der Waals surface area contributed by atoms with Crippen LogP contribution in [-0.2, 0) is 11.6 Å². The minimum Gasteiger partial charge on any atom is -0.496 e. The fourth-order valence-corrected chi connectivity index (χ4v) is 2.45. The lowest BCUT2D eigenvalue weighted by Gasteiger charge is -2.26. The molecule has 0 aliphatic carbocycles. The number of hydrogen-bond donors (Lipinski definition) is 1. The Morgan fingerprint density at radius 1 is 1.04 bits per heavy atom. The molecule has 0 saturated carbocycles. The fourth-order valence-electron chi connectivity index (χ4n) is 2.45. The van der Waals surface area contributed by atoms with E-state index in [2.05, 4.69) is 5.32 Å². The van der Waals surface area contributed by atoms with Crippen molar-refractivity contribution in [3.63, 3.8) is 0 Å². The Morgan fingerprint density at radius 2 is 1.68 bits per heavy atom. The third kappa shape index (κ3) is 4.53. The first-order valence-corrected chi connectivity index (χ1v) is 7.74. The van der Waals surface area contributed by atoms with Crippen LogP contribution in [0.1, 0.15) is 35.3 Å². The molecule has 0 atom stereocenters. The van der Waals surface area contributed by atoms with Gasteiger partial charge in [-0.1, -0.05) is 44.2 Å². The van der Waals surface area contributed by atoms with E-state index in [-0.39, 0.29) is 12.5 Å². The van der Waals surface area contributed by atoms with Crippen molar-refractivity contribution < 1.29 is 22.7 Å². The summed E-state index contributed by atoms with van der Waals surface area (Å²) in [5.74, 6) is 0.106. The number of amides is 1. The lowest BCUT2D eigenvalue weighted by molar-refractivity contribution is -0.137. The Morgan fingerprint density at radius 3 is 2.32 bits per heavy atom. The van der Waals surface area contributed by atoms with Crippen LogP contribution in [0, 0.1) is 0 Å². The van der Waals surface area contributed by atoms with Crippen molar-refractivity contribution >= 4 is 5.91 Å². The Hall–Kier alpha value is -2.50. The second-order valence-corrected chi connectivity index (χ2v) is 6.35. The highest BCUT2D eigenvalue weighted by Gasteiger charge is 2.32. The Kier molecular flexibility index (Phi) is 5.40. The zero-order chi connectivity index (χ0) is 18.7. The summed E-state index contributed by atoms with van der Waals surface area (Å²) in [6.07, 6.45) is -4.40. The minimum absolute atomic E-state index is 0.186. The van der Waals surface area contributed by atoms with E-state index in [1.54, 1.807) is 44.2 Å². The summed E-state index contributed by atoms with van der Waals surface area (Å²) in [6.45, 7) is 3.75. The van der Waals surface area contributed by atoms with Gasteiger partial charge in [-0.2, -0.15) is 13.2 Å². The Bertz CT molecular complexity index is 754. The number of nitrogens with one attached hydrogen (secondary N) is 1. The van der Waals surface area contributed by atoms with Crippen LogP contribution in [0.15, 0.2) is 48.5 Å². The maximum atomic E-state index is 12.9. The molecule has 2 rings (SSSR count). The topological polar surface area (TPSA) is 38.3 Å². The van der Waals surface area contributed by atoms with E-state index in [0.717, 1.165) is 12.1 Å². The molecule has 0 unspecified atom stereocenters. The van der Waals surface area contributed by atoms with Crippen LogP contribution >= 0.6 is 0 Å². The van der Waals surface area contributed by atoms with Gasteiger partial charge in [-0.3, -0.25) is 4.79 Å². The number of hydrogen-bond acceptors (Lipinski definition) is 2. The van der Waals surface area contributed by atoms with Gasteiger partial charge in [0, 0.05) is 12.0 Å². The number of carbonyl (C=O) groups is 1. The average Bonchev–Trinajstić information content (AvgIpc) is 2.59. The van der Waals surface area contributed by atoms with Gasteiger partial charge < -0.3 is 10.1 Å². The molecule has 3 nitrogen and oxygen atoms in total. The second-order valence-electron chi connectivity index (χ2n) is 6.35. The van der Waals surface area contributed by atoms with Crippen LogP contribution in [0.2, 0.25) is 0 Å². The summed E-state index contributed by atoms with van der Waals surface area (Å²) in [5.41, 5.74) is -0.486. The predicted molar refractivity (Wildman–Crippen MR) is 89.8 cm³/mol. The van der Waals surface area contributed by atoms with Gasteiger partial charge in [0.05, 0.1) is 18.2 Å². The first kappa shape index (κ1) is 18.8. The van der Waals surface area contributed by atoms with Crippen molar-refractivity contribution in [2.45, 2.75) is 25.4 Å². The first-order valence-electron chi connectivity index (χ1n) is 7.74. The molecule has 0 saturated heterocycles. The maximum absolute atomic E-state index is 12.9. The number of para-hydroxylation sites is 1. The highest BCUT2D eigenvalue weighted by Crippen LogP contribution is 2.32. The molecular formula is C19H20F3NO2. The third-order valence-electron chi connectivity index (χ3n) is 4.01. The monoisotopic (exact) mass is 351 g/mol. The zero-order valence-corrected chi connectivity index (χ0v) is 14.3. The number of halogens is 3.